The maximum Gasteiger partial charge on any atom is 0.358 e. The van der Waals surface area contributed by atoms with Gasteiger partial charge in [-0.05, 0) is 30.3 Å². The van der Waals surface area contributed by atoms with Gasteiger partial charge >= 0.3 is 5.97 Å². The Labute approximate surface area is 197 Å². The van der Waals surface area contributed by atoms with E-state index in [2.05, 4.69) is 10.4 Å². The van der Waals surface area contributed by atoms with Crippen molar-refractivity contribution in [1.82, 2.24) is 9.78 Å². The molecule has 1 aromatic heterocycles. The number of methoxy groups -OCH3 is 3. The number of nitrogens with one attached hydrogen (secondary N) is 1. The molecule has 34 heavy (non-hydrogen) atoms. The van der Waals surface area contributed by atoms with Gasteiger partial charge in [-0.2, -0.15) is 5.10 Å². The standard InChI is InChI=1S/C26H25N3O5/c1-5-24(30)27-18-13-14-20(17-10-7-6-9-16(17)18)29-21(15-19(28-29)26(31)34-4)25-22(32-2)11-8-12-23(25)33-3/h6-15H,5H2,1-4H3,(H,27,30). The van der Waals surface area contributed by atoms with Gasteiger partial charge in [0.2, 0.25) is 5.91 Å². The Balaban J connectivity index is 2.02. The van der Waals surface area contributed by atoms with Gasteiger partial charge in [-0.25, -0.2) is 9.48 Å². The summed E-state index contributed by atoms with van der Waals surface area (Å²) in [6.07, 6.45) is 0.371. The number of aromatic nitrogens is 2. The van der Waals surface area contributed by atoms with E-state index in [-0.39, 0.29) is 11.6 Å². The molecule has 8 heteroatoms. The van der Waals surface area contributed by atoms with Crippen molar-refractivity contribution >= 4 is 28.3 Å². The van der Waals surface area contributed by atoms with E-state index in [4.69, 9.17) is 14.2 Å². The summed E-state index contributed by atoms with van der Waals surface area (Å²) in [5, 5.41) is 9.21. The Morgan fingerprint density at radius 1 is 0.912 bits per heavy atom. The molecule has 0 aliphatic heterocycles. The van der Waals surface area contributed by atoms with Gasteiger partial charge in [0.25, 0.3) is 0 Å². The Bertz CT molecular complexity index is 1350. The normalized spacial score (nSPS) is 10.7. The molecule has 1 heterocycles. The van der Waals surface area contributed by atoms with Gasteiger partial charge in [-0.15, -0.1) is 0 Å². The highest BCUT2D eigenvalue weighted by Gasteiger charge is 2.23. The average Bonchev–Trinajstić information content (AvgIpc) is 3.32. The van der Waals surface area contributed by atoms with E-state index in [0.29, 0.717) is 40.6 Å². The Hall–Kier alpha value is -4.33. The number of fused-ring (bicyclic) bond motifs is 1. The Morgan fingerprint density at radius 2 is 1.59 bits per heavy atom. The monoisotopic (exact) mass is 459 g/mol. The Kier molecular flexibility index (Phi) is 6.49. The van der Waals surface area contributed by atoms with Crippen LogP contribution in [0, 0.1) is 0 Å². The minimum absolute atomic E-state index is 0.0792. The third-order valence-electron chi connectivity index (χ3n) is 5.51. The van der Waals surface area contributed by atoms with Crippen LogP contribution in [0.3, 0.4) is 0 Å². The summed E-state index contributed by atoms with van der Waals surface area (Å²) in [6.45, 7) is 1.80. The SMILES string of the molecule is CCC(=O)Nc1ccc(-n2nc(C(=O)OC)cc2-c2c(OC)cccc2OC)c2ccccc12. The number of ether oxygens (including phenoxy) is 3. The summed E-state index contributed by atoms with van der Waals surface area (Å²) in [5.74, 6) is 0.482. The fourth-order valence-corrected chi connectivity index (χ4v) is 3.87. The Morgan fingerprint density at radius 3 is 2.21 bits per heavy atom. The lowest BCUT2D eigenvalue weighted by molar-refractivity contribution is -0.115. The third-order valence-corrected chi connectivity index (χ3v) is 5.51. The molecule has 0 bridgehead atoms. The molecule has 4 aromatic rings. The first-order valence-electron chi connectivity index (χ1n) is 10.7. The van der Waals surface area contributed by atoms with Gasteiger partial charge in [0.05, 0.1) is 38.3 Å². The summed E-state index contributed by atoms with van der Waals surface area (Å²) in [5.41, 5.74) is 2.77. The molecule has 0 saturated carbocycles. The number of carbonyl (C=O) groups excluding carboxylic acids is 2. The highest BCUT2D eigenvalue weighted by atomic mass is 16.5. The molecule has 0 radical (unpaired) electrons. The van der Waals surface area contributed by atoms with Gasteiger partial charge in [0, 0.05) is 22.9 Å². The highest BCUT2D eigenvalue weighted by molar-refractivity contribution is 6.05. The molecular formula is C26H25N3O5. The van der Waals surface area contributed by atoms with Crippen LogP contribution in [0.5, 0.6) is 11.5 Å². The van der Waals surface area contributed by atoms with Crippen molar-refractivity contribution < 1.29 is 23.8 Å². The smallest absolute Gasteiger partial charge is 0.358 e. The lowest BCUT2D eigenvalue weighted by Gasteiger charge is -2.17. The number of anilines is 1. The molecular weight excluding hydrogens is 434 g/mol. The van der Waals surface area contributed by atoms with E-state index in [1.165, 1.54) is 7.11 Å². The van der Waals surface area contributed by atoms with Crippen LogP contribution in [0.4, 0.5) is 5.69 Å². The molecule has 174 valence electrons. The zero-order chi connectivity index (χ0) is 24.2. The predicted octanol–water partition coefficient (Wildman–Crippen LogP) is 4.84. The highest BCUT2D eigenvalue weighted by Crippen LogP contribution is 2.41. The summed E-state index contributed by atoms with van der Waals surface area (Å²) in [4.78, 5) is 24.5. The second-order valence-corrected chi connectivity index (χ2v) is 7.44. The van der Waals surface area contributed by atoms with Crippen molar-refractivity contribution in [2.75, 3.05) is 26.6 Å². The van der Waals surface area contributed by atoms with Gasteiger partial charge in [-0.1, -0.05) is 37.3 Å². The summed E-state index contributed by atoms with van der Waals surface area (Å²) in [7, 11) is 4.45. The number of benzene rings is 3. The maximum absolute atomic E-state index is 12.4. The van der Waals surface area contributed by atoms with E-state index in [0.717, 1.165) is 10.8 Å². The number of hydrogen-bond donors (Lipinski definition) is 1. The fourth-order valence-electron chi connectivity index (χ4n) is 3.87. The summed E-state index contributed by atoms with van der Waals surface area (Å²) < 4.78 is 17.8. The van der Waals surface area contributed by atoms with Gasteiger partial charge in [0.15, 0.2) is 5.69 Å². The van der Waals surface area contributed by atoms with Crippen molar-refractivity contribution in [1.29, 1.82) is 0 Å². The topological polar surface area (TPSA) is 91.7 Å². The first kappa shape index (κ1) is 22.8. The maximum atomic E-state index is 12.4. The second kappa shape index (κ2) is 9.66. The number of esters is 1. The molecule has 0 unspecified atom stereocenters. The lowest BCUT2D eigenvalue weighted by Crippen LogP contribution is -2.10. The molecule has 1 amide bonds. The summed E-state index contributed by atoms with van der Waals surface area (Å²) >= 11 is 0. The minimum Gasteiger partial charge on any atom is -0.496 e. The molecule has 4 rings (SSSR count). The molecule has 0 aliphatic carbocycles. The largest absolute Gasteiger partial charge is 0.496 e. The number of carbonyl (C=O) groups is 2. The molecule has 3 aromatic carbocycles. The molecule has 8 nitrogen and oxygen atoms in total. The quantitative estimate of drug-likeness (QED) is 0.398. The van der Waals surface area contributed by atoms with Crippen LogP contribution in [-0.4, -0.2) is 43.0 Å². The number of nitrogens with zero attached hydrogens (tertiary/aromatic N) is 2. The molecule has 0 atom stereocenters. The van der Waals surface area contributed by atoms with Crippen LogP contribution >= 0.6 is 0 Å². The van der Waals surface area contributed by atoms with Crippen molar-refractivity contribution in [2.24, 2.45) is 0 Å². The zero-order valence-corrected chi connectivity index (χ0v) is 19.4. The van der Waals surface area contributed by atoms with Gasteiger partial charge in [-0.3, -0.25) is 4.79 Å². The van der Waals surface area contributed by atoms with E-state index >= 15 is 0 Å². The first-order valence-corrected chi connectivity index (χ1v) is 10.7. The molecule has 0 fully saturated rings. The molecule has 1 N–H and O–H groups in total. The van der Waals surface area contributed by atoms with Crippen molar-refractivity contribution in [3.05, 3.63) is 66.4 Å². The van der Waals surface area contributed by atoms with Crippen LogP contribution in [0.1, 0.15) is 23.8 Å². The van der Waals surface area contributed by atoms with Crippen molar-refractivity contribution in [3.8, 4) is 28.4 Å². The fraction of sp³-hybridized carbons (Fsp3) is 0.192. The van der Waals surface area contributed by atoms with E-state index in [9.17, 15) is 9.59 Å². The van der Waals surface area contributed by atoms with E-state index < -0.39 is 5.97 Å². The summed E-state index contributed by atoms with van der Waals surface area (Å²) in [6, 6.07) is 18.5. The average molecular weight is 460 g/mol. The first-order chi connectivity index (χ1) is 16.5. The second-order valence-electron chi connectivity index (χ2n) is 7.44. The zero-order valence-electron chi connectivity index (χ0n) is 19.4. The lowest BCUT2D eigenvalue weighted by atomic mass is 10.0. The van der Waals surface area contributed by atoms with E-state index in [1.807, 2.05) is 54.6 Å². The number of hydrogen-bond acceptors (Lipinski definition) is 6. The number of amides is 1. The molecule has 0 spiro atoms. The van der Waals surface area contributed by atoms with Crippen molar-refractivity contribution in [2.45, 2.75) is 13.3 Å². The van der Waals surface area contributed by atoms with Crippen LogP contribution < -0.4 is 14.8 Å². The van der Waals surface area contributed by atoms with Crippen LogP contribution in [0.2, 0.25) is 0 Å². The molecule has 0 saturated heterocycles. The molecule has 0 aliphatic rings. The predicted molar refractivity (Wildman–Crippen MR) is 130 cm³/mol. The van der Waals surface area contributed by atoms with E-state index in [1.54, 1.807) is 31.9 Å². The number of rotatable bonds is 7. The van der Waals surface area contributed by atoms with Gasteiger partial charge < -0.3 is 19.5 Å². The minimum atomic E-state index is -0.565. The van der Waals surface area contributed by atoms with Crippen LogP contribution in [-0.2, 0) is 9.53 Å². The van der Waals surface area contributed by atoms with Crippen molar-refractivity contribution in [3.63, 3.8) is 0 Å². The van der Waals surface area contributed by atoms with Crippen LogP contribution in [0.25, 0.3) is 27.7 Å². The van der Waals surface area contributed by atoms with Gasteiger partial charge in [0.1, 0.15) is 11.5 Å². The third kappa shape index (κ3) is 4.05. The van der Waals surface area contributed by atoms with Crippen LogP contribution in [0.15, 0.2) is 60.7 Å².